The highest BCUT2D eigenvalue weighted by Gasteiger charge is 2.34. The molecule has 0 spiro atoms. The van der Waals surface area contributed by atoms with Gasteiger partial charge in [-0.2, -0.15) is 4.39 Å². The van der Waals surface area contributed by atoms with Gasteiger partial charge in [0.15, 0.2) is 0 Å². The second-order valence-corrected chi connectivity index (χ2v) is 20.8. The molecule has 3 amide bonds. The van der Waals surface area contributed by atoms with Crippen LogP contribution in [-0.2, 0) is 87.8 Å². The summed E-state index contributed by atoms with van der Waals surface area (Å²) in [7, 11) is -4.36. The normalized spacial score (nSPS) is 12.8. The summed E-state index contributed by atoms with van der Waals surface area (Å²) in [6.45, 7) is 1.51. The number of pyridine rings is 1. The molecule has 5 rings (SSSR count). The minimum Gasteiger partial charge on any atom is -0.461 e. The summed E-state index contributed by atoms with van der Waals surface area (Å²) in [4.78, 5) is 96.6. The molecule has 1 heterocycles. The summed E-state index contributed by atoms with van der Waals surface area (Å²) in [5.41, 5.74) is 2.93. The Morgan fingerprint density at radius 1 is 0.556 bits per heavy atom. The number of unbranched alkanes of at least 4 members (excludes halogenated alkanes) is 3. The summed E-state index contributed by atoms with van der Waals surface area (Å²) in [5, 5.41) is 10.5. The van der Waals surface area contributed by atoms with Crippen molar-refractivity contribution in [1.82, 2.24) is 26.0 Å². The number of ether oxygens (including phenoxy) is 4. The zero-order chi connectivity index (χ0) is 58.1. The maximum Gasteiger partial charge on any atom is 0.406 e. The maximum absolute atomic E-state index is 14.5. The number of nitrogens with one attached hydrogen (secondary N) is 4. The van der Waals surface area contributed by atoms with E-state index in [1.54, 1.807) is 97.1 Å². The third kappa shape index (κ3) is 25.3. The van der Waals surface area contributed by atoms with Gasteiger partial charge in [-0.15, -0.1) is 0 Å². The fourth-order valence-corrected chi connectivity index (χ4v) is 9.39. The van der Waals surface area contributed by atoms with Gasteiger partial charge in [0.2, 0.25) is 17.8 Å². The van der Waals surface area contributed by atoms with E-state index < -0.39 is 73.4 Å². The predicted molar refractivity (Wildman–Crippen MR) is 298 cm³/mol. The van der Waals surface area contributed by atoms with Crippen molar-refractivity contribution < 1.29 is 70.5 Å². The Morgan fingerprint density at radius 3 is 1.52 bits per heavy atom. The Hall–Kier alpha value is -7.35. The van der Waals surface area contributed by atoms with E-state index in [9.17, 15) is 42.5 Å². The van der Waals surface area contributed by atoms with E-state index in [0.717, 1.165) is 11.8 Å². The molecule has 22 heteroatoms. The number of rotatable bonds is 37. The van der Waals surface area contributed by atoms with Crippen molar-refractivity contribution in [2.24, 2.45) is 0 Å². The molecule has 434 valence electrons. The monoisotopic (exact) mass is 1160 g/mol. The third-order valence-corrected chi connectivity index (χ3v) is 14.1. The van der Waals surface area contributed by atoms with Gasteiger partial charge in [-0.05, 0) is 73.3 Å². The fraction of sp³-hybridized carbons (Fsp3) is 0.390. The van der Waals surface area contributed by atoms with Crippen molar-refractivity contribution in [3.8, 4) is 0 Å². The van der Waals surface area contributed by atoms with Crippen LogP contribution >= 0.6 is 19.3 Å². The van der Waals surface area contributed by atoms with Crippen molar-refractivity contribution in [2.75, 3.05) is 19.8 Å². The molecule has 4 atom stereocenters. The van der Waals surface area contributed by atoms with Gasteiger partial charge in [0, 0.05) is 32.0 Å². The SMILES string of the molecule is CCCCOP(=O)(N[C@@H](CCC(=O)OCc1ccccc1)C(=O)OCc1ccccc1)OCCC[C@H](NC(=O)CC[C@H](NC(=O)CCCCCNC(=O)c1cnc(F)c(Cl)c1)C(=O)OCc1ccccc1)C(=O)OCc1ccccc1. The van der Waals surface area contributed by atoms with E-state index in [1.807, 2.05) is 31.2 Å². The number of carbonyl (C=O) groups excluding carboxylic acids is 7. The standard InChI is InChI=1S/C59H70ClFN5O14P/c1-2-3-35-79-81(74,66-51(59(73)78-42-46-26-15-7-16-27-46)31-33-54(69)75-39-43-20-9-4-10-21-43)80-36-19-28-49(57(71)76-40-44-22-11-5-12-23-44)64-53(68)32-30-50(58(72)77-41-45-24-13-6-14-25-45)65-52(67)29-17-8-18-34-62-56(70)47-37-48(60)55(61)63-38-47/h4-7,9-16,20-27,37-38,49-51H,2-3,8,17-19,28-36,39-42H2,1H3,(H,62,70)(H,64,68)(H,65,67)(H,66,74)/t49-,50-,51-,81?/m0/s1. The molecule has 0 aliphatic rings. The lowest BCUT2D eigenvalue weighted by Crippen LogP contribution is -2.45. The maximum atomic E-state index is 14.5. The number of nitrogens with zero attached hydrogens (tertiary/aromatic N) is 1. The zero-order valence-electron chi connectivity index (χ0n) is 45.2. The van der Waals surface area contributed by atoms with Crippen LogP contribution in [0.2, 0.25) is 5.02 Å². The summed E-state index contributed by atoms with van der Waals surface area (Å²) < 4.78 is 61.8. The van der Waals surface area contributed by atoms with Crippen LogP contribution < -0.4 is 21.0 Å². The van der Waals surface area contributed by atoms with Crippen LogP contribution in [0.1, 0.15) is 117 Å². The molecule has 1 aromatic heterocycles. The summed E-state index contributed by atoms with van der Waals surface area (Å²) in [6, 6.07) is 33.0. The number of benzene rings is 4. The molecule has 0 fully saturated rings. The molecule has 0 aliphatic carbocycles. The van der Waals surface area contributed by atoms with E-state index in [2.05, 4.69) is 26.0 Å². The first-order valence-corrected chi connectivity index (χ1v) is 28.8. The Labute approximate surface area is 476 Å². The van der Waals surface area contributed by atoms with Crippen LogP contribution in [0.15, 0.2) is 134 Å². The molecular weight excluding hydrogens is 1090 g/mol. The fourth-order valence-electron chi connectivity index (χ4n) is 7.64. The Kier molecular flexibility index (Phi) is 28.7. The lowest BCUT2D eigenvalue weighted by molar-refractivity contribution is -0.150. The molecule has 0 bridgehead atoms. The van der Waals surface area contributed by atoms with Crippen LogP contribution in [0.3, 0.4) is 0 Å². The molecular formula is C59H70ClFN5O14P. The topological polar surface area (TPSA) is 253 Å². The predicted octanol–water partition coefficient (Wildman–Crippen LogP) is 9.35. The van der Waals surface area contributed by atoms with Crippen molar-refractivity contribution in [3.63, 3.8) is 0 Å². The second kappa shape index (κ2) is 36.1. The second-order valence-electron chi connectivity index (χ2n) is 18.6. The first-order valence-electron chi connectivity index (χ1n) is 26.9. The Balaban J connectivity index is 1.21. The lowest BCUT2D eigenvalue weighted by atomic mass is 10.1. The van der Waals surface area contributed by atoms with Gasteiger partial charge in [0.25, 0.3) is 5.91 Å². The van der Waals surface area contributed by atoms with Crippen molar-refractivity contribution in [2.45, 2.75) is 129 Å². The molecule has 0 saturated heterocycles. The number of aromatic nitrogens is 1. The Morgan fingerprint density at radius 2 is 1.01 bits per heavy atom. The Bertz CT molecular complexity index is 2810. The molecule has 5 aromatic rings. The molecule has 4 N–H and O–H groups in total. The van der Waals surface area contributed by atoms with Crippen LogP contribution in [0, 0.1) is 5.95 Å². The highest BCUT2D eigenvalue weighted by atomic mass is 35.5. The third-order valence-electron chi connectivity index (χ3n) is 12.1. The van der Waals surface area contributed by atoms with Crippen LogP contribution in [0.5, 0.6) is 0 Å². The van der Waals surface area contributed by atoms with Crippen LogP contribution in [-0.4, -0.2) is 84.5 Å². The minimum absolute atomic E-state index is 0.000586. The first-order chi connectivity index (χ1) is 39.2. The van der Waals surface area contributed by atoms with Gasteiger partial charge in [0.1, 0.15) is 44.6 Å². The minimum atomic E-state index is -4.36. The van der Waals surface area contributed by atoms with Crippen LogP contribution in [0.4, 0.5) is 4.39 Å². The molecule has 0 saturated carbocycles. The first kappa shape index (κ1) is 64.5. The van der Waals surface area contributed by atoms with E-state index in [0.29, 0.717) is 48.8 Å². The van der Waals surface area contributed by atoms with E-state index in [1.165, 1.54) is 6.07 Å². The van der Waals surface area contributed by atoms with Crippen LogP contribution in [0.25, 0.3) is 0 Å². The quantitative estimate of drug-likeness (QED) is 0.00950. The average Bonchev–Trinajstić information content (AvgIpc) is 3.52. The highest BCUT2D eigenvalue weighted by molar-refractivity contribution is 7.51. The molecule has 19 nitrogen and oxygen atoms in total. The molecule has 0 aliphatic heterocycles. The van der Waals surface area contributed by atoms with Crippen molar-refractivity contribution in [3.05, 3.63) is 172 Å². The van der Waals surface area contributed by atoms with E-state index in [4.69, 9.17) is 39.6 Å². The molecule has 4 aromatic carbocycles. The van der Waals surface area contributed by atoms with Crippen molar-refractivity contribution >= 4 is 60.9 Å². The largest absolute Gasteiger partial charge is 0.461 e. The van der Waals surface area contributed by atoms with Gasteiger partial charge >= 0.3 is 31.6 Å². The number of amides is 3. The zero-order valence-corrected chi connectivity index (χ0v) is 46.9. The van der Waals surface area contributed by atoms with E-state index >= 15 is 0 Å². The van der Waals surface area contributed by atoms with E-state index in [-0.39, 0.29) is 102 Å². The molecule has 0 radical (unpaired) electrons. The van der Waals surface area contributed by atoms with Gasteiger partial charge in [0.05, 0.1) is 23.8 Å². The van der Waals surface area contributed by atoms with Gasteiger partial charge in [-0.3, -0.25) is 33.0 Å². The number of carbonyl (C=O) groups is 7. The average molecular weight is 1160 g/mol. The number of hydrogen-bond donors (Lipinski definition) is 4. The molecule has 1 unspecified atom stereocenters. The van der Waals surface area contributed by atoms with Gasteiger partial charge in [-0.25, -0.2) is 24.2 Å². The van der Waals surface area contributed by atoms with Gasteiger partial charge < -0.3 is 34.9 Å². The number of halogens is 2. The lowest BCUT2D eigenvalue weighted by Gasteiger charge is -2.25. The summed E-state index contributed by atoms with van der Waals surface area (Å²) in [5.74, 6) is -5.55. The summed E-state index contributed by atoms with van der Waals surface area (Å²) >= 11 is 5.74. The smallest absolute Gasteiger partial charge is 0.406 e. The van der Waals surface area contributed by atoms with Crippen molar-refractivity contribution in [1.29, 1.82) is 0 Å². The summed E-state index contributed by atoms with van der Waals surface area (Å²) in [6.07, 6.45) is 2.55. The number of hydrogen-bond acceptors (Lipinski definition) is 15. The number of esters is 4. The highest BCUT2D eigenvalue weighted by Crippen LogP contribution is 2.45. The van der Waals surface area contributed by atoms with Gasteiger partial charge in [-0.1, -0.05) is 153 Å². The molecule has 81 heavy (non-hydrogen) atoms.